The molecule has 0 bridgehead atoms. The van der Waals surface area contributed by atoms with Gasteiger partial charge < -0.3 is 15.2 Å². The third kappa shape index (κ3) is 3.68. The summed E-state index contributed by atoms with van der Waals surface area (Å²) in [6.45, 7) is 0.366. The van der Waals surface area contributed by atoms with Crippen molar-refractivity contribution in [1.29, 1.82) is 0 Å². The molecule has 2 heterocycles. The first kappa shape index (κ1) is 15.1. The molecule has 1 aliphatic heterocycles. The maximum Gasteiger partial charge on any atom is 0.325 e. The fourth-order valence-corrected chi connectivity index (χ4v) is 2.70. The Morgan fingerprint density at radius 1 is 1.35 bits per heavy atom. The number of para-hydroxylation sites is 1. The number of carboxylic acid groups (broad SMARTS) is 1. The lowest BCUT2D eigenvalue weighted by Gasteiger charge is -2.25. The van der Waals surface area contributed by atoms with Crippen molar-refractivity contribution in [3.8, 4) is 5.75 Å². The Balaban J connectivity index is 1.62. The van der Waals surface area contributed by atoms with E-state index >= 15 is 0 Å². The number of carbonyl (C=O) groups excluding carboxylic acids is 1. The molecule has 0 aliphatic carbocycles. The molecule has 0 spiro atoms. The van der Waals surface area contributed by atoms with E-state index in [1.807, 2.05) is 24.3 Å². The molecule has 1 amide bonds. The molecule has 1 aromatic carbocycles. The minimum atomic E-state index is -0.982. The number of carbonyl (C=O) groups is 2. The van der Waals surface area contributed by atoms with Crippen LogP contribution in [0.5, 0.6) is 5.75 Å². The van der Waals surface area contributed by atoms with Gasteiger partial charge in [-0.25, -0.2) is 0 Å². The second-order valence-electron chi connectivity index (χ2n) is 5.42. The molecule has 7 nitrogen and oxygen atoms in total. The SMILES string of the molecule is O=C(O)Cn1ccc(NC(=O)C[C@@H]2CCOc3ccccc32)n1. The quantitative estimate of drug-likeness (QED) is 0.878. The van der Waals surface area contributed by atoms with Crippen LogP contribution in [0.25, 0.3) is 0 Å². The second-order valence-corrected chi connectivity index (χ2v) is 5.42. The van der Waals surface area contributed by atoms with E-state index in [0.29, 0.717) is 18.8 Å². The highest BCUT2D eigenvalue weighted by Crippen LogP contribution is 2.35. The Bertz CT molecular complexity index is 726. The minimum Gasteiger partial charge on any atom is -0.493 e. The molecule has 2 aromatic rings. The van der Waals surface area contributed by atoms with Crippen molar-refractivity contribution in [2.24, 2.45) is 0 Å². The molecule has 0 radical (unpaired) electrons. The van der Waals surface area contributed by atoms with Crippen molar-refractivity contribution >= 4 is 17.7 Å². The fourth-order valence-electron chi connectivity index (χ4n) is 2.70. The van der Waals surface area contributed by atoms with E-state index in [1.165, 1.54) is 10.9 Å². The van der Waals surface area contributed by atoms with E-state index in [4.69, 9.17) is 9.84 Å². The first-order valence-electron chi connectivity index (χ1n) is 7.38. The highest BCUT2D eigenvalue weighted by atomic mass is 16.5. The topological polar surface area (TPSA) is 93.5 Å². The highest BCUT2D eigenvalue weighted by Gasteiger charge is 2.23. The molecule has 0 fully saturated rings. The van der Waals surface area contributed by atoms with Crippen molar-refractivity contribution in [1.82, 2.24) is 9.78 Å². The third-order valence-electron chi connectivity index (χ3n) is 3.72. The molecule has 3 rings (SSSR count). The average Bonchev–Trinajstić information content (AvgIpc) is 2.93. The van der Waals surface area contributed by atoms with E-state index in [0.717, 1.165) is 17.7 Å². The van der Waals surface area contributed by atoms with Gasteiger partial charge in [0.2, 0.25) is 5.91 Å². The van der Waals surface area contributed by atoms with Crippen LogP contribution in [0.15, 0.2) is 36.5 Å². The van der Waals surface area contributed by atoms with Gasteiger partial charge in [-0.05, 0) is 24.0 Å². The molecule has 0 saturated carbocycles. The summed E-state index contributed by atoms with van der Waals surface area (Å²) in [6, 6.07) is 9.32. The van der Waals surface area contributed by atoms with Gasteiger partial charge in [0.05, 0.1) is 6.61 Å². The molecule has 120 valence electrons. The standard InChI is InChI=1S/C16H17N3O4/c20-15(17-14-5-7-19(18-14)10-16(21)22)9-11-6-8-23-13-4-2-1-3-12(11)13/h1-5,7,11H,6,8-10H2,(H,21,22)(H,17,18,20)/t11-/m0/s1. The van der Waals surface area contributed by atoms with E-state index in [-0.39, 0.29) is 18.4 Å². The highest BCUT2D eigenvalue weighted by molar-refractivity contribution is 5.90. The Morgan fingerprint density at radius 3 is 3.00 bits per heavy atom. The number of benzene rings is 1. The average molecular weight is 315 g/mol. The first-order chi connectivity index (χ1) is 11.1. The number of rotatable bonds is 5. The van der Waals surface area contributed by atoms with Crippen molar-refractivity contribution < 1.29 is 19.4 Å². The van der Waals surface area contributed by atoms with E-state index in [2.05, 4.69) is 10.4 Å². The van der Waals surface area contributed by atoms with Crippen LogP contribution in [0.3, 0.4) is 0 Å². The molecular weight excluding hydrogens is 298 g/mol. The van der Waals surface area contributed by atoms with Crippen molar-refractivity contribution in [3.05, 3.63) is 42.1 Å². The minimum absolute atomic E-state index is 0.112. The first-order valence-corrected chi connectivity index (χ1v) is 7.38. The number of ether oxygens (including phenoxy) is 1. The van der Waals surface area contributed by atoms with Crippen LogP contribution >= 0.6 is 0 Å². The lowest BCUT2D eigenvalue weighted by Crippen LogP contribution is -2.21. The predicted octanol–water partition coefficient (Wildman–Crippen LogP) is 1.86. The predicted molar refractivity (Wildman–Crippen MR) is 82.4 cm³/mol. The number of anilines is 1. The Kier molecular flexibility index (Phi) is 4.27. The summed E-state index contributed by atoms with van der Waals surface area (Å²) in [5, 5.41) is 15.4. The summed E-state index contributed by atoms with van der Waals surface area (Å²) in [7, 11) is 0. The largest absolute Gasteiger partial charge is 0.493 e. The molecule has 1 aromatic heterocycles. The number of aliphatic carboxylic acids is 1. The van der Waals surface area contributed by atoms with Gasteiger partial charge in [0.25, 0.3) is 0 Å². The number of carboxylic acids is 1. The molecule has 0 saturated heterocycles. The van der Waals surface area contributed by atoms with Crippen molar-refractivity contribution in [2.45, 2.75) is 25.3 Å². The van der Waals surface area contributed by atoms with Gasteiger partial charge in [0, 0.05) is 18.7 Å². The summed E-state index contributed by atoms with van der Waals surface area (Å²) in [5.41, 5.74) is 1.05. The van der Waals surface area contributed by atoms with Crippen molar-refractivity contribution in [3.63, 3.8) is 0 Å². The number of fused-ring (bicyclic) bond motifs is 1. The normalized spacial score (nSPS) is 16.3. The van der Waals surface area contributed by atoms with Crippen LogP contribution in [0.1, 0.15) is 24.3 Å². The van der Waals surface area contributed by atoms with Crippen LogP contribution in [-0.2, 0) is 16.1 Å². The van der Waals surface area contributed by atoms with E-state index < -0.39 is 5.97 Å². The zero-order chi connectivity index (χ0) is 16.2. The van der Waals surface area contributed by atoms with E-state index in [9.17, 15) is 9.59 Å². The molecule has 2 N–H and O–H groups in total. The number of amides is 1. The maximum atomic E-state index is 12.2. The molecule has 7 heteroatoms. The Morgan fingerprint density at radius 2 is 2.17 bits per heavy atom. The van der Waals surface area contributed by atoms with Crippen LogP contribution < -0.4 is 10.1 Å². The summed E-state index contributed by atoms with van der Waals surface area (Å²) in [5.74, 6) is 0.178. The number of nitrogens with one attached hydrogen (secondary N) is 1. The summed E-state index contributed by atoms with van der Waals surface area (Å²) in [4.78, 5) is 22.8. The van der Waals surface area contributed by atoms with Crippen LogP contribution in [-0.4, -0.2) is 33.4 Å². The molecule has 1 atom stereocenters. The smallest absolute Gasteiger partial charge is 0.325 e. The molecule has 1 aliphatic rings. The van der Waals surface area contributed by atoms with Crippen LogP contribution in [0.4, 0.5) is 5.82 Å². The van der Waals surface area contributed by atoms with Gasteiger partial charge in [-0.2, -0.15) is 5.10 Å². The number of nitrogens with zero attached hydrogens (tertiary/aromatic N) is 2. The number of hydrogen-bond donors (Lipinski definition) is 2. The third-order valence-corrected chi connectivity index (χ3v) is 3.72. The zero-order valence-electron chi connectivity index (χ0n) is 12.4. The summed E-state index contributed by atoms with van der Waals surface area (Å²) in [6.07, 6.45) is 2.65. The summed E-state index contributed by atoms with van der Waals surface area (Å²) < 4.78 is 6.86. The monoisotopic (exact) mass is 315 g/mol. The van der Waals surface area contributed by atoms with Gasteiger partial charge in [-0.1, -0.05) is 18.2 Å². The van der Waals surface area contributed by atoms with Crippen LogP contribution in [0.2, 0.25) is 0 Å². The van der Waals surface area contributed by atoms with Gasteiger partial charge in [0.15, 0.2) is 5.82 Å². The van der Waals surface area contributed by atoms with Gasteiger partial charge in [-0.3, -0.25) is 14.3 Å². The zero-order valence-corrected chi connectivity index (χ0v) is 12.4. The fraction of sp³-hybridized carbons (Fsp3) is 0.312. The number of hydrogen-bond acceptors (Lipinski definition) is 4. The lowest BCUT2D eigenvalue weighted by atomic mass is 9.90. The molecular formula is C16H17N3O4. The lowest BCUT2D eigenvalue weighted by molar-refractivity contribution is -0.137. The van der Waals surface area contributed by atoms with Crippen LogP contribution in [0, 0.1) is 0 Å². The summed E-state index contributed by atoms with van der Waals surface area (Å²) >= 11 is 0. The molecule has 23 heavy (non-hydrogen) atoms. The number of aromatic nitrogens is 2. The van der Waals surface area contributed by atoms with Gasteiger partial charge in [-0.15, -0.1) is 0 Å². The maximum absolute atomic E-state index is 12.2. The molecule has 0 unspecified atom stereocenters. The van der Waals surface area contributed by atoms with Crippen molar-refractivity contribution in [2.75, 3.05) is 11.9 Å². The second kappa shape index (κ2) is 6.51. The van der Waals surface area contributed by atoms with Gasteiger partial charge >= 0.3 is 5.97 Å². The van der Waals surface area contributed by atoms with E-state index in [1.54, 1.807) is 6.07 Å². The van der Waals surface area contributed by atoms with Gasteiger partial charge in [0.1, 0.15) is 12.3 Å². The Hall–Kier alpha value is -2.83. The Labute approximate surface area is 132 Å².